The van der Waals surface area contributed by atoms with Crippen molar-refractivity contribution in [3.8, 4) is 11.5 Å². The topological polar surface area (TPSA) is 68.8 Å². The molecule has 2 aromatic carbocycles. The van der Waals surface area contributed by atoms with Crippen molar-refractivity contribution in [2.75, 3.05) is 20.8 Å². The molecule has 1 saturated carbocycles. The minimum absolute atomic E-state index is 0. The number of carbonyl (C=O) groups is 1. The number of ether oxygens (including phenoxy) is 3. The van der Waals surface area contributed by atoms with Gasteiger partial charge in [0.15, 0.2) is 11.5 Å². The third kappa shape index (κ3) is 2.60. The molecule has 6 aliphatic rings. The first-order valence-corrected chi connectivity index (χ1v) is 12.3. The van der Waals surface area contributed by atoms with E-state index in [9.17, 15) is 4.79 Å². The lowest BCUT2D eigenvalue weighted by Gasteiger charge is -2.69. The summed E-state index contributed by atoms with van der Waals surface area (Å²) in [6, 6.07) is 14.5. The zero-order valence-corrected chi connectivity index (χ0v) is 20.8. The van der Waals surface area contributed by atoms with Crippen LogP contribution in [0.1, 0.15) is 29.5 Å². The van der Waals surface area contributed by atoms with Gasteiger partial charge in [-0.15, -0.1) is 12.4 Å². The van der Waals surface area contributed by atoms with E-state index in [0.29, 0.717) is 6.54 Å². The summed E-state index contributed by atoms with van der Waals surface area (Å²) in [7, 11) is 3.42. The number of nitrogens with one attached hydrogen (secondary N) is 2. The van der Waals surface area contributed by atoms with Gasteiger partial charge in [0.1, 0.15) is 11.7 Å². The summed E-state index contributed by atoms with van der Waals surface area (Å²) in [5.74, 6) is 1.31. The van der Waals surface area contributed by atoms with Gasteiger partial charge in [-0.3, -0.25) is 4.79 Å². The molecule has 2 spiro atoms. The second-order valence-electron chi connectivity index (χ2n) is 10.5. The van der Waals surface area contributed by atoms with Gasteiger partial charge in [0.05, 0.1) is 18.4 Å². The predicted molar refractivity (Wildman–Crippen MR) is 134 cm³/mol. The molecule has 2 N–H and O–H groups in total. The van der Waals surface area contributed by atoms with Crippen LogP contribution in [-0.2, 0) is 27.9 Å². The Morgan fingerprint density at radius 3 is 2.77 bits per heavy atom. The Morgan fingerprint density at radius 1 is 1.17 bits per heavy atom. The average molecular weight is 495 g/mol. The molecule has 6 nitrogen and oxygen atoms in total. The smallest absolute Gasteiger partial charge is 0.226 e. The molecule has 2 aliphatic heterocycles. The Hall–Kier alpha value is -2.54. The highest BCUT2D eigenvalue weighted by Gasteiger charge is 2.79. The Balaban J connectivity index is 0.00000229. The highest BCUT2D eigenvalue weighted by molar-refractivity contribution is 5.85. The summed E-state index contributed by atoms with van der Waals surface area (Å²) >= 11 is 0. The van der Waals surface area contributed by atoms with E-state index in [-0.39, 0.29) is 47.2 Å². The highest BCUT2D eigenvalue weighted by atomic mass is 35.5. The molecule has 2 fully saturated rings. The average Bonchev–Trinajstić information content (AvgIpc) is 3.24. The lowest BCUT2D eigenvalue weighted by molar-refractivity contribution is -0.202. The first-order chi connectivity index (χ1) is 16.6. The van der Waals surface area contributed by atoms with Crippen LogP contribution in [-0.4, -0.2) is 44.4 Å². The van der Waals surface area contributed by atoms with Crippen molar-refractivity contribution in [1.29, 1.82) is 0 Å². The largest absolute Gasteiger partial charge is 0.493 e. The third-order valence-electron chi connectivity index (χ3n) is 9.46. The molecular formula is C28H31ClN2O4. The van der Waals surface area contributed by atoms with E-state index in [0.717, 1.165) is 42.9 Å². The van der Waals surface area contributed by atoms with E-state index in [1.807, 2.05) is 36.4 Å². The molecule has 7 heteroatoms. The number of amides is 1. The summed E-state index contributed by atoms with van der Waals surface area (Å²) in [6.07, 6.45) is 6.86. The zero-order chi connectivity index (χ0) is 23.1. The van der Waals surface area contributed by atoms with Crippen molar-refractivity contribution in [1.82, 2.24) is 10.6 Å². The van der Waals surface area contributed by atoms with Crippen LogP contribution in [0.4, 0.5) is 0 Å². The van der Waals surface area contributed by atoms with Gasteiger partial charge in [-0.1, -0.05) is 48.6 Å². The molecule has 1 saturated heterocycles. The lowest BCUT2D eigenvalue weighted by atomic mass is 9.37. The number of halogens is 1. The number of piperidine rings is 1. The SMILES string of the molecule is COc1ccc2c3c1O[C@H]1[C@@]4(OC)C=C[C@@]5(C[C@@H]4C(=O)NCc4ccccc4)[C@@H](C2)NCC[C@]315.Cl. The van der Waals surface area contributed by atoms with Gasteiger partial charge in [0.2, 0.25) is 5.91 Å². The van der Waals surface area contributed by atoms with Crippen molar-refractivity contribution in [2.45, 2.75) is 49.0 Å². The van der Waals surface area contributed by atoms with Crippen LogP contribution in [0.25, 0.3) is 0 Å². The number of methoxy groups -OCH3 is 2. The molecular weight excluding hydrogens is 464 g/mol. The monoisotopic (exact) mass is 494 g/mol. The van der Waals surface area contributed by atoms with Crippen molar-refractivity contribution in [2.24, 2.45) is 11.3 Å². The first-order valence-electron chi connectivity index (χ1n) is 12.3. The number of hydrogen-bond acceptors (Lipinski definition) is 5. The van der Waals surface area contributed by atoms with Crippen LogP contribution in [0, 0.1) is 11.3 Å². The number of hydrogen-bond donors (Lipinski definition) is 2. The van der Waals surface area contributed by atoms with Crippen molar-refractivity contribution >= 4 is 18.3 Å². The van der Waals surface area contributed by atoms with Crippen molar-refractivity contribution in [3.05, 3.63) is 71.3 Å². The summed E-state index contributed by atoms with van der Waals surface area (Å²) in [5, 5.41) is 7.01. The normalized spacial score (nSPS) is 36.6. The molecule has 4 bridgehead atoms. The summed E-state index contributed by atoms with van der Waals surface area (Å²) in [6.45, 7) is 1.43. The maximum atomic E-state index is 13.8. The molecule has 4 aliphatic carbocycles. The van der Waals surface area contributed by atoms with Crippen LogP contribution in [0.2, 0.25) is 0 Å². The van der Waals surface area contributed by atoms with E-state index < -0.39 is 5.60 Å². The molecule has 2 aromatic rings. The van der Waals surface area contributed by atoms with Crippen LogP contribution in [0.15, 0.2) is 54.6 Å². The molecule has 184 valence electrons. The number of benzene rings is 2. The van der Waals surface area contributed by atoms with Crippen LogP contribution < -0.4 is 20.1 Å². The molecule has 1 amide bonds. The summed E-state index contributed by atoms with van der Waals surface area (Å²) in [5.41, 5.74) is 2.46. The van der Waals surface area contributed by atoms with Crippen LogP contribution >= 0.6 is 12.4 Å². The third-order valence-corrected chi connectivity index (χ3v) is 9.46. The Labute approximate surface area is 211 Å². The second-order valence-corrected chi connectivity index (χ2v) is 10.5. The molecule has 6 atom stereocenters. The molecule has 2 heterocycles. The van der Waals surface area contributed by atoms with E-state index >= 15 is 0 Å². The van der Waals surface area contributed by atoms with Crippen molar-refractivity contribution < 1.29 is 19.0 Å². The fraction of sp³-hybridized carbons (Fsp3) is 0.464. The zero-order valence-electron chi connectivity index (χ0n) is 20.0. The number of fused-ring (bicyclic) bond motifs is 1. The predicted octanol–water partition coefficient (Wildman–Crippen LogP) is 3.31. The Kier molecular flexibility index (Phi) is 5.05. The summed E-state index contributed by atoms with van der Waals surface area (Å²) < 4.78 is 18.9. The second kappa shape index (κ2) is 7.73. The lowest BCUT2D eigenvalue weighted by Crippen LogP contribution is -2.79. The molecule has 8 rings (SSSR count). The van der Waals surface area contributed by atoms with Gasteiger partial charge in [0, 0.05) is 30.7 Å². The maximum absolute atomic E-state index is 13.8. The fourth-order valence-electron chi connectivity index (χ4n) is 8.09. The van der Waals surface area contributed by atoms with E-state index in [1.54, 1.807) is 14.2 Å². The van der Waals surface area contributed by atoms with Crippen LogP contribution in [0.5, 0.6) is 11.5 Å². The number of carbonyl (C=O) groups excluding carboxylic acids is 1. The van der Waals surface area contributed by atoms with Gasteiger partial charge in [-0.2, -0.15) is 0 Å². The van der Waals surface area contributed by atoms with Gasteiger partial charge in [-0.05, 0) is 43.0 Å². The quantitative estimate of drug-likeness (QED) is 0.624. The maximum Gasteiger partial charge on any atom is 0.226 e. The van der Waals surface area contributed by atoms with Gasteiger partial charge < -0.3 is 24.8 Å². The van der Waals surface area contributed by atoms with Gasteiger partial charge >= 0.3 is 0 Å². The van der Waals surface area contributed by atoms with E-state index in [1.165, 1.54) is 11.1 Å². The molecule has 0 aromatic heterocycles. The minimum atomic E-state index is -0.830. The number of rotatable bonds is 5. The van der Waals surface area contributed by atoms with Crippen molar-refractivity contribution in [3.63, 3.8) is 0 Å². The Bertz CT molecular complexity index is 1220. The van der Waals surface area contributed by atoms with Gasteiger partial charge in [0.25, 0.3) is 0 Å². The molecule has 35 heavy (non-hydrogen) atoms. The molecule has 0 radical (unpaired) electrons. The highest BCUT2D eigenvalue weighted by Crippen LogP contribution is 2.73. The van der Waals surface area contributed by atoms with E-state index in [4.69, 9.17) is 14.2 Å². The minimum Gasteiger partial charge on any atom is -0.493 e. The fourth-order valence-corrected chi connectivity index (χ4v) is 8.09. The van der Waals surface area contributed by atoms with E-state index in [2.05, 4.69) is 28.9 Å². The Morgan fingerprint density at radius 2 is 2.00 bits per heavy atom. The summed E-state index contributed by atoms with van der Waals surface area (Å²) in [4.78, 5) is 13.8. The first kappa shape index (κ1) is 22.9. The molecule has 0 unspecified atom stereocenters. The standard InChI is InChI=1S/C28H30N2O4.ClH/c1-32-20-9-8-18-14-21-26-10-11-28(33-2,25-27(26,12-13-29-21)22(18)23(20)34-25)19(15-26)24(31)30-16-17-6-4-3-5-7-17;/h3-11,19,21,25,29H,12-16H2,1-2H3,(H,30,31);1H/t19-,21-,25-,26-,27+,28-;/m1./s1. The van der Waals surface area contributed by atoms with Gasteiger partial charge in [-0.25, -0.2) is 0 Å². The van der Waals surface area contributed by atoms with Crippen LogP contribution in [0.3, 0.4) is 0 Å².